The largest absolute Gasteiger partial charge is 0.383 e. The molecule has 2 rings (SSSR count). The first-order valence-electron chi connectivity index (χ1n) is 5.86. The summed E-state index contributed by atoms with van der Waals surface area (Å²) in [6.07, 6.45) is 0.537. The van der Waals surface area contributed by atoms with Crippen LogP contribution in [0.1, 0.15) is 18.3 Å². The number of benzene rings is 1. The number of hydrogen-bond acceptors (Lipinski definition) is 4. The first-order chi connectivity index (χ1) is 9.11. The molecule has 0 amide bonds. The summed E-state index contributed by atoms with van der Waals surface area (Å²) in [6.45, 7) is 1.84. The van der Waals surface area contributed by atoms with E-state index in [0.717, 1.165) is 0 Å². The van der Waals surface area contributed by atoms with E-state index in [9.17, 15) is 9.18 Å². The molecular weight excluding hydrogens is 265 g/mol. The van der Waals surface area contributed by atoms with Crippen LogP contribution >= 0.6 is 11.8 Å². The number of nitrogens with one attached hydrogen (secondary N) is 1. The number of aromatic nitrogens is 2. The lowest BCUT2D eigenvalue weighted by Gasteiger charge is -2.05. The van der Waals surface area contributed by atoms with Crippen LogP contribution in [-0.4, -0.2) is 9.97 Å². The van der Waals surface area contributed by atoms with Crippen LogP contribution in [0.25, 0.3) is 0 Å². The fraction of sp³-hybridized carbons (Fsp3) is 0.231. The van der Waals surface area contributed by atoms with Crippen LogP contribution < -0.4 is 11.3 Å². The highest BCUT2D eigenvalue weighted by Gasteiger charge is 2.08. The zero-order valence-corrected chi connectivity index (χ0v) is 11.3. The highest BCUT2D eigenvalue weighted by atomic mass is 32.2. The highest BCUT2D eigenvalue weighted by Crippen LogP contribution is 2.23. The van der Waals surface area contributed by atoms with Crippen molar-refractivity contribution in [2.24, 2.45) is 0 Å². The van der Waals surface area contributed by atoms with Gasteiger partial charge in [0.25, 0.3) is 5.56 Å². The number of rotatable bonds is 4. The summed E-state index contributed by atoms with van der Waals surface area (Å²) in [5.74, 6) is 0.779. The van der Waals surface area contributed by atoms with Crippen LogP contribution in [0, 0.1) is 5.82 Å². The molecule has 1 aromatic carbocycles. The van der Waals surface area contributed by atoms with Gasteiger partial charge in [0.1, 0.15) is 17.5 Å². The van der Waals surface area contributed by atoms with E-state index >= 15 is 0 Å². The summed E-state index contributed by atoms with van der Waals surface area (Å²) in [7, 11) is 0. The molecule has 1 aromatic heterocycles. The fourth-order valence-electron chi connectivity index (χ4n) is 1.68. The van der Waals surface area contributed by atoms with Gasteiger partial charge in [-0.3, -0.25) is 4.79 Å². The molecule has 0 saturated heterocycles. The van der Waals surface area contributed by atoms with E-state index in [1.165, 1.54) is 17.8 Å². The zero-order valence-electron chi connectivity index (χ0n) is 10.4. The molecule has 1 heterocycles. The average molecular weight is 279 g/mol. The van der Waals surface area contributed by atoms with Crippen molar-refractivity contribution in [1.29, 1.82) is 0 Å². The molecule has 0 unspecified atom stereocenters. The third-order valence-electron chi connectivity index (χ3n) is 2.65. The minimum atomic E-state index is -0.284. The van der Waals surface area contributed by atoms with Gasteiger partial charge in [0, 0.05) is 4.90 Å². The minimum absolute atomic E-state index is 0.223. The summed E-state index contributed by atoms with van der Waals surface area (Å²) < 4.78 is 13.4. The number of anilines is 1. The zero-order chi connectivity index (χ0) is 13.8. The molecule has 0 bridgehead atoms. The van der Waals surface area contributed by atoms with Crippen LogP contribution in [-0.2, 0) is 12.2 Å². The van der Waals surface area contributed by atoms with E-state index < -0.39 is 0 Å². The Morgan fingerprint density at radius 2 is 2.16 bits per heavy atom. The molecule has 0 aliphatic rings. The number of aromatic amines is 1. The fourth-order valence-corrected chi connectivity index (χ4v) is 2.49. The third kappa shape index (κ3) is 3.14. The molecule has 6 heteroatoms. The van der Waals surface area contributed by atoms with Crippen molar-refractivity contribution < 1.29 is 4.39 Å². The topological polar surface area (TPSA) is 71.8 Å². The van der Waals surface area contributed by atoms with Gasteiger partial charge in [-0.15, -0.1) is 11.8 Å². The van der Waals surface area contributed by atoms with E-state index in [0.29, 0.717) is 28.5 Å². The molecule has 0 fully saturated rings. The van der Waals surface area contributed by atoms with Crippen molar-refractivity contribution in [2.75, 3.05) is 5.73 Å². The van der Waals surface area contributed by atoms with Crippen molar-refractivity contribution in [3.8, 4) is 0 Å². The maximum Gasteiger partial charge on any atom is 0.256 e. The summed E-state index contributed by atoms with van der Waals surface area (Å²) in [5.41, 5.74) is 5.98. The Morgan fingerprint density at radius 1 is 1.42 bits per heavy atom. The number of hydrogen-bond donors (Lipinski definition) is 2. The summed E-state index contributed by atoms with van der Waals surface area (Å²) >= 11 is 1.27. The summed E-state index contributed by atoms with van der Waals surface area (Å²) in [6, 6.07) is 6.47. The lowest BCUT2D eigenvalue weighted by molar-refractivity contribution is 0.602. The van der Waals surface area contributed by atoms with Crippen molar-refractivity contribution in [2.45, 2.75) is 24.0 Å². The van der Waals surface area contributed by atoms with Gasteiger partial charge in [-0.2, -0.15) is 0 Å². The molecule has 0 aliphatic carbocycles. The standard InChI is InChI=1S/C13H14FN3OS/c1-2-8-12(15)16-11(17-13(8)18)7-19-10-6-4-3-5-9(10)14/h3-6H,2,7H2,1H3,(H3,15,16,17,18). The van der Waals surface area contributed by atoms with Crippen LogP contribution in [0.2, 0.25) is 0 Å². The predicted molar refractivity (Wildman–Crippen MR) is 74.6 cm³/mol. The van der Waals surface area contributed by atoms with Gasteiger partial charge >= 0.3 is 0 Å². The van der Waals surface area contributed by atoms with Crippen LogP contribution in [0.3, 0.4) is 0 Å². The number of nitrogens with two attached hydrogens (primary N) is 1. The Balaban J connectivity index is 2.17. The quantitative estimate of drug-likeness (QED) is 0.843. The van der Waals surface area contributed by atoms with Gasteiger partial charge in [-0.05, 0) is 18.6 Å². The number of nitrogen functional groups attached to an aromatic ring is 1. The summed E-state index contributed by atoms with van der Waals surface area (Å²) in [4.78, 5) is 19.0. The van der Waals surface area contributed by atoms with Crippen molar-refractivity contribution in [1.82, 2.24) is 9.97 Å². The second-order valence-electron chi connectivity index (χ2n) is 3.95. The molecule has 0 radical (unpaired) electrons. The maximum atomic E-state index is 13.4. The van der Waals surface area contributed by atoms with Gasteiger partial charge < -0.3 is 10.7 Å². The molecule has 19 heavy (non-hydrogen) atoms. The monoisotopic (exact) mass is 279 g/mol. The molecule has 0 spiro atoms. The molecule has 100 valence electrons. The maximum absolute atomic E-state index is 13.4. The Labute approximate surface area is 114 Å². The first-order valence-corrected chi connectivity index (χ1v) is 6.85. The van der Waals surface area contributed by atoms with Gasteiger partial charge in [0.05, 0.1) is 11.3 Å². The van der Waals surface area contributed by atoms with E-state index in [2.05, 4.69) is 9.97 Å². The number of nitrogens with zero attached hydrogens (tertiary/aromatic N) is 1. The Hall–Kier alpha value is -1.82. The Kier molecular flexibility index (Phi) is 4.21. The van der Waals surface area contributed by atoms with E-state index in [4.69, 9.17) is 5.73 Å². The molecule has 0 saturated carbocycles. The van der Waals surface area contributed by atoms with Gasteiger partial charge in [0.15, 0.2) is 0 Å². The minimum Gasteiger partial charge on any atom is -0.383 e. The van der Waals surface area contributed by atoms with Crippen LogP contribution in [0.4, 0.5) is 10.2 Å². The van der Waals surface area contributed by atoms with Crippen LogP contribution in [0.5, 0.6) is 0 Å². The number of halogens is 1. The molecule has 3 N–H and O–H groups in total. The predicted octanol–water partition coefficient (Wildman–Crippen LogP) is 2.35. The highest BCUT2D eigenvalue weighted by molar-refractivity contribution is 7.98. The molecule has 2 aromatic rings. The number of thioether (sulfide) groups is 1. The SMILES string of the molecule is CCc1c(N)nc(CSc2ccccc2F)[nH]c1=O. The normalized spacial score (nSPS) is 10.6. The van der Waals surface area contributed by atoms with Crippen molar-refractivity contribution in [3.05, 3.63) is 51.8 Å². The van der Waals surface area contributed by atoms with Crippen LogP contribution in [0.15, 0.2) is 34.0 Å². The second kappa shape index (κ2) is 5.88. The van der Waals surface area contributed by atoms with Gasteiger partial charge in [-0.25, -0.2) is 9.37 Å². The van der Waals surface area contributed by atoms with E-state index in [1.807, 2.05) is 6.92 Å². The lowest BCUT2D eigenvalue weighted by Crippen LogP contribution is -2.18. The van der Waals surface area contributed by atoms with Crippen molar-refractivity contribution in [3.63, 3.8) is 0 Å². The average Bonchev–Trinajstić information content (AvgIpc) is 2.37. The van der Waals surface area contributed by atoms with Crippen molar-refractivity contribution >= 4 is 17.6 Å². The number of H-pyrrole nitrogens is 1. The van der Waals surface area contributed by atoms with Gasteiger partial charge in [-0.1, -0.05) is 19.1 Å². The Bertz CT molecular complexity index is 642. The smallest absolute Gasteiger partial charge is 0.256 e. The summed E-state index contributed by atoms with van der Waals surface area (Å²) in [5, 5.41) is 0. The van der Waals surface area contributed by atoms with E-state index in [-0.39, 0.29) is 17.2 Å². The first kappa shape index (κ1) is 13.6. The van der Waals surface area contributed by atoms with Gasteiger partial charge in [0.2, 0.25) is 0 Å². The Morgan fingerprint density at radius 3 is 2.79 bits per heavy atom. The second-order valence-corrected chi connectivity index (χ2v) is 4.97. The lowest BCUT2D eigenvalue weighted by atomic mass is 10.2. The molecule has 0 aliphatic heterocycles. The molecule has 4 nitrogen and oxygen atoms in total. The van der Waals surface area contributed by atoms with E-state index in [1.54, 1.807) is 18.2 Å². The third-order valence-corrected chi connectivity index (χ3v) is 3.71. The molecule has 0 atom stereocenters. The molecular formula is C13H14FN3OS.